The molecule has 1 aliphatic rings. The third-order valence-corrected chi connectivity index (χ3v) is 4.77. The van der Waals surface area contributed by atoms with E-state index >= 15 is 0 Å². The number of imidazole rings is 1. The molecule has 21 heavy (non-hydrogen) atoms. The van der Waals surface area contributed by atoms with Gasteiger partial charge in [-0.2, -0.15) is 0 Å². The van der Waals surface area contributed by atoms with Crippen LogP contribution in [0, 0.1) is 13.8 Å². The van der Waals surface area contributed by atoms with Crippen LogP contribution in [0.4, 0.5) is 0 Å². The molecule has 1 heterocycles. The zero-order valence-corrected chi connectivity index (χ0v) is 14.6. The standard InChI is InChI=1S/C17H32N4/c1-11(2)20-13(5)14(6)21(12(3)4)17(20)19-16-10-8-7-9-15(16)18/h11-12,15-16H,7-10,18H2,1-6H3/t15-,16-/m1/s1. The third-order valence-electron chi connectivity index (χ3n) is 4.77. The molecule has 2 N–H and O–H groups in total. The lowest BCUT2D eigenvalue weighted by molar-refractivity contribution is 0.368. The summed E-state index contributed by atoms with van der Waals surface area (Å²) in [4.78, 5) is 5.12. The van der Waals surface area contributed by atoms with Crippen LogP contribution in [-0.2, 0) is 0 Å². The number of rotatable bonds is 3. The summed E-state index contributed by atoms with van der Waals surface area (Å²) in [6.45, 7) is 13.3. The molecule has 0 spiro atoms. The van der Waals surface area contributed by atoms with Crippen LogP contribution in [-0.4, -0.2) is 21.2 Å². The molecule has 2 atom stereocenters. The summed E-state index contributed by atoms with van der Waals surface area (Å²) in [5.74, 6) is 0. The average Bonchev–Trinajstić information content (AvgIpc) is 2.64. The minimum absolute atomic E-state index is 0.218. The predicted octanol–water partition coefficient (Wildman–Crippen LogP) is 3.24. The molecule has 0 unspecified atom stereocenters. The van der Waals surface area contributed by atoms with Crippen LogP contribution in [0.5, 0.6) is 0 Å². The van der Waals surface area contributed by atoms with Crippen molar-refractivity contribution in [2.45, 2.75) is 91.4 Å². The van der Waals surface area contributed by atoms with Crippen molar-refractivity contribution in [3.63, 3.8) is 0 Å². The lowest BCUT2D eigenvalue weighted by Gasteiger charge is -2.25. The van der Waals surface area contributed by atoms with E-state index < -0.39 is 0 Å². The summed E-state index contributed by atoms with van der Waals surface area (Å²) < 4.78 is 4.74. The Balaban J connectivity index is 2.62. The molecule has 4 nitrogen and oxygen atoms in total. The van der Waals surface area contributed by atoms with Crippen molar-refractivity contribution in [3.05, 3.63) is 17.0 Å². The van der Waals surface area contributed by atoms with Crippen LogP contribution in [0.15, 0.2) is 4.99 Å². The predicted molar refractivity (Wildman–Crippen MR) is 88.5 cm³/mol. The van der Waals surface area contributed by atoms with Crippen molar-refractivity contribution in [3.8, 4) is 0 Å². The molecule has 1 aliphatic carbocycles. The van der Waals surface area contributed by atoms with Crippen molar-refractivity contribution in [2.24, 2.45) is 10.7 Å². The van der Waals surface area contributed by atoms with E-state index in [2.05, 4.69) is 50.7 Å². The SMILES string of the molecule is Cc1c(C)n(C(C)C)c(=N[C@@H]2CCCC[C@H]2N)n1C(C)C. The van der Waals surface area contributed by atoms with E-state index in [-0.39, 0.29) is 12.1 Å². The highest BCUT2D eigenvalue weighted by Crippen LogP contribution is 2.20. The van der Waals surface area contributed by atoms with Gasteiger partial charge in [0.2, 0.25) is 5.62 Å². The first kappa shape index (κ1) is 16.3. The molecule has 0 aliphatic heterocycles. The molecular formula is C17H32N4. The Hall–Kier alpha value is -1.03. The highest BCUT2D eigenvalue weighted by molar-refractivity contribution is 5.13. The Morgan fingerprint density at radius 2 is 1.43 bits per heavy atom. The first-order valence-corrected chi connectivity index (χ1v) is 8.44. The van der Waals surface area contributed by atoms with Gasteiger partial charge in [0.15, 0.2) is 0 Å². The molecule has 0 amide bonds. The van der Waals surface area contributed by atoms with Gasteiger partial charge >= 0.3 is 0 Å². The van der Waals surface area contributed by atoms with Gasteiger partial charge in [-0.3, -0.25) is 0 Å². The number of hydrogen-bond donors (Lipinski definition) is 1. The van der Waals surface area contributed by atoms with Crippen LogP contribution in [0.2, 0.25) is 0 Å². The Morgan fingerprint density at radius 1 is 0.952 bits per heavy atom. The summed E-state index contributed by atoms with van der Waals surface area (Å²) in [5.41, 5.74) is 10.1. The molecule has 0 radical (unpaired) electrons. The molecule has 0 aromatic carbocycles. The van der Waals surface area contributed by atoms with E-state index in [1.807, 2.05) is 0 Å². The third kappa shape index (κ3) is 3.10. The quantitative estimate of drug-likeness (QED) is 0.913. The Morgan fingerprint density at radius 3 is 1.86 bits per heavy atom. The highest BCUT2D eigenvalue weighted by Gasteiger charge is 2.23. The van der Waals surface area contributed by atoms with E-state index in [4.69, 9.17) is 10.7 Å². The number of nitrogens with zero attached hydrogens (tertiary/aromatic N) is 3. The Bertz CT molecular complexity index is 513. The second kappa shape index (κ2) is 6.39. The van der Waals surface area contributed by atoms with Gasteiger partial charge in [-0.1, -0.05) is 12.8 Å². The lowest BCUT2D eigenvalue weighted by atomic mass is 9.91. The second-order valence-electron chi connectivity index (χ2n) is 7.04. The van der Waals surface area contributed by atoms with Gasteiger partial charge in [-0.05, 0) is 54.4 Å². The molecule has 4 heteroatoms. The van der Waals surface area contributed by atoms with E-state index in [1.165, 1.54) is 24.2 Å². The van der Waals surface area contributed by atoms with Gasteiger partial charge in [-0.15, -0.1) is 0 Å². The largest absolute Gasteiger partial charge is 0.326 e. The normalized spacial score (nSPS) is 23.1. The minimum Gasteiger partial charge on any atom is -0.326 e. The van der Waals surface area contributed by atoms with E-state index in [9.17, 15) is 0 Å². The molecular weight excluding hydrogens is 260 g/mol. The van der Waals surface area contributed by atoms with E-state index in [1.54, 1.807) is 0 Å². The highest BCUT2D eigenvalue weighted by atomic mass is 15.2. The fraction of sp³-hybridized carbons (Fsp3) is 0.824. The number of aromatic nitrogens is 2. The maximum Gasteiger partial charge on any atom is 0.206 e. The van der Waals surface area contributed by atoms with Crippen LogP contribution in [0.25, 0.3) is 0 Å². The average molecular weight is 292 g/mol. The second-order valence-corrected chi connectivity index (χ2v) is 7.04. The zero-order valence-electron chi connectivity index (χ0n) is 14.6. The van der Waals surface area contributed by atoms with Gasteiger partial charge in [0.1, 0.15) is 0 Å². The maximum atomic E-state index is 6.31. The minimum atomic E-state index is 0.218. The molecule has 0 saturated heterocycles. The monoisotopic (exact) mass is 292 g/mol. The van der Waals surface area contributed by atoms with Crippen molar-refractivity contribution in [2.75, 3.05) is 0 Å². The fourth-order valence-electron chi connectivity index (χ4n) is 3.57. The summed E-state index contributed by atoms with van der Waals surface area (Å²) in [6.07, 6.45) is 4.74. The van der Waals surface area contributed by atoms with Crippen molar-refractivity contribution < 1.29 is 0 Å². The molecule has 1 aromatic rings. The molecule has 1 fully saturated rings. The molecule has 120 valence electrons. The molecule has 1 aromatic heterocycles. The van der Waals surface area contributed by atoms with Gasteiger partial charge in [0, 0.05) is 29.5 Å². The number of hydrogen-bond acceptors (Lipinski definition) is 2. The molecule has 0 bridgehead atoms. The van der Waals surface area contributed by atoms with Crippen LogP contribution in [0.1, 0.15) is 76.8 Å². The Labute approximate surface area is 129 Å². The first-order chi connectivity index (χ1) is 9.84. The van der Waals surface area contributed by atoms with Crippen molar-refractivity contribution in [1.29, 1.82) is 0 Å². The van der Waals surface area contributed by atoms with E-state index in [0.29, 0.717) is 12.1 Å². The van der Waals surface area contributed by atoms with Crippen molar-refractivity contribution in [1.82, 2.24) is 9.13 Å². The summed E-state index contributed by atoms with van der Waals surface area (Å²) >= 11 is 0. The molecule has 1 saturated carbocycles. The summed E-state index contributed by atoms with van der Waals surface area (Å²) in [7, 11) is 0. The summed E-state index contributed by atoms with van der Waals surface area (Å²) in [6, 6.07) is 1.33. The van der Waals surface area contributed by atoms with Gasteiger partial charge < -0.3 is 14.9 Å². The topological polar surface area (TPSA) is 48.2 Å². The van der Waals surface area contributed by atoms with E-state index in [0.717, 1.165) is 18.5 Å². The van der Waals surface area contributed by atoms with Crippen molar-refractivity contribution >= 4 is 0 Å². The first-order valence-electron chi connectivity index (χ1n) is 8.44. The van der Waals surface area contributed by atoms with Crippen LogP contribution >= 0.6 is 0 Å². The van der Waals surface area contributed by atoms with Gasteiger partial charge in [-0.25, -0.2) is 4.99 Å². The fourth-order valence-corrected chi connectivity index (χ4v) is 3.57. The lowest BCUT2D eigenvalue weighted by Crippen LogP contribution is -2.40. The van der Waals surface area contributed by atoms with Gasteiger partial charge in [0.25, 0.3) is 0 Å². The summed E-state index contributed by atoms with van der Waals surface area (Å²) in [5, 5.41) is 0. The van der Waals surface area contributed by atoms with Crippen LogP contribution < -0.4 is 11.4 Å². The Kier molecular flexibility index (Phi) is 4.97. The van der Waals surface area contributed by atoms with Gasteiger partial charge in [0.05, 0.1) is 6.04 Å². The van der Waals surface area contributed by atoms with Crippen LogP contribution in [0.3, 0.4) is 0 Å². The number of nitrogens with two attached hydrogens (primary N) is 1. The maximum absolute atomic E-state index is 6.31. The zero-order chi connectivity index (χ0) is 15.7. The smallest absolute Gasteiger partial charge is 0.206 e. The molecule has 2 rings (SSSR count).